The van der Waals surface area contributed by atoms with E-state index in [0.717, 1.165) is 16.9 Å². The van der Waals surface area contributed by atoms with Crippen LogP contribution >= 0.6 is 0 Å². The van der Waals surface area contributed by atoms with Crippen molar-refractivity contribution in [3.05, 3.63) is 59.4 Å². The highest BCUT2D eigenvalue weighted by Crippen LogP contribution is 2.33. The lowest BCUT2D eigenvalue weighted by Gasteiger charge is -2.30. The van der Waals surface area contributed by atoms with Crippen molar-refractivity contribution >= 4 is 26.8 Å². The van der Waals surface area contributed by atoms with Crippen LogP contribution in [0, 0.1) is 5.92 Å². The number of fused-ring (bicyclic) bond motifs is 1. The van der Waals surface area contributed by atoms with E-state index in [2.05, 4.69) is 5.32 Å². The Morgan fingerprint density at radius 3 is 2.46 bits per heavy atom. The summed E-state index contributed by atoms with van der Waals surface area (Å²) in [4.78, 5) is 17.7. The van der Waals surface area contributed by atoms with Gasteiger partial charge in [0.25, 0.3) is 5.91 Å². The van der Waals surface area contributed by atoms with Crippen molar-refractivity contribution in [3.8, 4) is 0 Å². The summed E-state index contributed by atoms with van der Waals surface area (Å²) >= 11 is 0. The summed E-state index contributed by atoms with van der Waals surface area (Å²) in [5, 5.41) is 2.84. The molecule has 1 fully saturated rings. The van der Waals surface area contributed by atoms with Crippen LogP contribution < -0.4 is 5.32 Å². The smallest absolute Gasteiger partial charge is 0.368 e. The fraction of sp³-hybridized carbons (Fsp3) is 0.462. The van der Waals surface area contributed by atoms with Crippen LogP contribution in [0.2, 0.25) is 0 Å². The zero-order valence-electron chi connectivity index (χ0n) is 20.7. The monoisotopic (exact) mass is 537 g/mol. The summed E-state index contributed by atoms with van der Waals surface area (Å²) in [5.74, 6) is 0.436. The molecule has 1 aliphatic rings. The van der Waals surface area contributed by atoms with Crippen LogP contribution in [0.25, 0.3) is 11.0 Å². The van der Waals surface area contributed by atoms with E-state index in [-0.39, 0.29) is 42.0 Å². The van der Waals surface area contributed by atoms with Crippen LogP contribution in [0.5, 0.6) is 0 Å². The predicted molar refractivity (Wildman–Crippen MR) is 133 cm³/mol. The highest BCUT2D eigenvalue weighted by atomic mass is 32.2. The highest BCUT2D eigenvalue weighted by Gasteiger charge is 2.43. The summed E-state index contributed by atoms with van der Waals surface area (Å²) in [6.07, 6.45) is -5.18. The number of carbonyl (C=O) groups is 1. The van der Waals surface area contributed by atoms with E-state index in [4.69, 9.17) is 9.72 Å². The Labute approximate surface area is 213 Å². The minimum absolute atomic E-state index is 0.0219. The molecular weight excluding hydrogens is 507 g/mol. The Morgan fingerprint density at radius 2 is 1.86 bits per heavy atom. The van der Waals surface area contributed by atoms with E-state index < -0.39 is 22.1 Å². The molecular formula is C26H30F3N3O4S. The minimum atomic E-state index is -4.34. The van der Waals surface area contributed by atoms with Crippen molar-refractivity contribution < 1.29 is 31.1 Å². The van der Waals surface area contributed by atoms with Gasteiger partial charge in [0.15, 0.2) is 15.9 Å². The van der Waals surface area contributed by atoms with Gasteiger partial charge in [-0.15, -0.1) is 0 Å². The van der Waals surface area contributed by atoms with Gasteiger partial charge in [0.2, 0.25) is 0 Å². The summed E-state index contributed by atoms with van der Waals surface area (Å²) < 4.78 is 69.6. The number of halogens is 3. The lowest BCUT2D eigenvalue weighted by Crippen LogP contribution is -2.38. The molecule has 7 nitrogen and oxygen atoms in total. The van der Waals surface area contributed by atoms with Crippen LogP contribution in [0.4, 0.5) is 13.2 Å². The maximum absolute atomic E-state index is 12.9. The van der Waals surface area contributed by atoms with E-state index in [1.807, 2.05) is 17.6 Å². The molecule has 1 aliphatic heterocycles. The molecule has 2 aromatic carbocycles. The van der Waals surface area contributed by atoms with Gasteiger partial charge in [-0.3, -0.25) is 4.79 Å². The number of sulfone groups is 1. The van der Waals surface area contributed by atoms with Crippen molar-refractivity contribution in [2.45, 2.75) is 63.4 Å². The number of amides is 1. The topological polar surface area (TPSA) is 90.3 Å². The maximum atomic E-state index is 12.9. The summed E-state index contributed by atoms with van der Waals surface area (Å²) in [6.45, 7) is 4.47. The largest absolute Gasteiger partial charge is 0.414 e. The average molecular weight is 538 g/mol. The number of nitrogens with one attached hydrogen (secondary N) is 1. The number of nitrogens with zero attached hydrogens (tertiary/aromatic N) is 2. The zero-order chi connectivity index (χ0) is 26.8. The van der Waals surface area contributed by atoms with Crippen molar-refractivity contribution in [2.75, 3.05) is 12.4 Å². The molecule has 2 atom stereocenters. The molecule has 0 aliphatic carbocycles. The van der Waals surface area contributed by atoms with Crippen molar-refractivity contribution in [1.29, 1.82) is 0 Å². The fourth-order valence-corrected chi connectivity index (χ4v) is 5.46. The molecule has 0 saturated carbocycles. The first-order valence-electron chi connectivity index (χ1n) is 12.3. The number of rotatable bonds is 8. The Hall–Kier alpha value is -2.92. The third-order valence-electron chi connectivity index (χ3n) is 6.73. The van der Waals surface area contributed by atoms with Crippen molar-refractivity contribution in [2.24, 2.45) is 5.92 Å². The second-order valence-corrected chi connectivity index (χ2v) is 11.5. The number of aromatic nitrogens is 2. The Morgan fingerprint density at radius 1 is 1.14 bits per heavy atom. The second-order valence-electron chi connectivity index (χ2n) is 9.22. The molecule has 0 bridgehead atoms. The Kier molecular flexibility index (Phi) is 7.94. The number of benzene rings is 2. The van der Waals surface area contributed by atoms with Gasteiger partial charge in [-0.2, -0.15) is 13.2 Å². The first-order chi connectivity index (χ1) is 17.5. The van der Waals surface area contributed by atoms with E-state index in [1.54, 1.807) is 31.2 Å². The van der Waals surface area contributed by atoms with Crippen LogP contribution in [-0.4, -0.2) is 48.5 Å². The van der Waals surface area contributed by atoms with Crippen LogP contribution in [-0.2, 0) is 34.1 Å². The van der Waals surface area contributed by atoms with E-state index in [9.17, 15) is 26.4 Å². The summed E-state index contributed by atoms with van der Waals surface area (Å²) in [5.41, 5.74) is 2.69. The number of aryl methyl sites for hydroxylation is 1. The number of ether oxygens (including phenoxy) is 1. The molecule has 200 valence electrons. The molecule has 1 aromatic heterocycles. The average Bonchev–Trinajstić information content (AvgIpc) is 3.23. The molecule has 0 radical (unpaired) electrons. The number of imidazole rings is 1. The van der Waals surface area contributed by atoms with Gasteiger partial charge in [0.1, 0.15) is 5.82 Å². The number of alkyl halides is 3. The van der Waals surface area contributed by atoms with Crippen molar-refractivity contribution in [3.63, 3.8) is 0 Å². The van der Waals surface area contributed by atoms with E-state index >= 15 is 0 Å². The standard InChI is InChI=1S/C26H30F3N3O4S/c1-3-32-22-11-8-19(25(33)30-15-17-5-9-20(10-6-17)37(34,35)4-2)14-21(22)31-24(32)13-18-7-12-23(36-16-18)26(27,28)29/h5-6,8-11,14,18,23H,3-4,7,12-13,15-16H2,1-2H3,(H,30,33). The molecule has 2 unspecified atom stereocenters. The van der Waals surface area contributed by atoms with Gasteiger partial charge in [-0.1, -0.05) is 19.1 Å². The van der Waals surface area contributed by atoms with Gasteiger partial charge in [0.05, 0.1) is 28.3 Å². The molecule has 1 N–H and O–H groups in total. The molecule has 0 spiro atoms. The molecule has 1 amide bonds. The molecule has 3 aromatic rings. The highest BCUT2D eigenvalue weighted by molar-refractivity contribution is 7.91. The van der Waals surface area contributed by atoms with E-state index in [0.29, 0.717) is 30.5 Å². The molecule has 2 heterocycles. The van der Waals surface area contributed by atoms with Crippen LogP contribution in [0.1, 0.15) is 48.4 Å². The van der Waals surface area contributed by atoms with Gasteiger partial charge in [0, 0.05) is 25.1 Å². The van der Waals surface area contributed by atoms with E-state index in [1.165, 1.54) is 12.1 Å². The second kappa shape index (κ2) is 10.8. The quantitative estimate of drug-likeness (QED) is 0.451. The number of hydrogen-bond acceptors (Lipinski definition) is 5. The molecule has 37 heavy (non-hydrogen) atoms. The Balaban J connectivity index is 1.42. The lowest BCUT2D eigenvalue weighted by molar-refractivity contribution is -0.235. The van der Waals surface area contributed by atoms with Gasteiger partial charge in [-0.05, 0) is 61.6 Å². The normalized spacial score (nSPS) is 18.7. The minimum Gasteiger partial charge on any atom is -0.368 e. The summed E-state index contributed by atoms with van der Waals surface area (Å²) in [7, 11) is -3.28. The third kappa shape index (κ3) is 6.15. The van der Waals surface area contributed by atoms with Gasteiger partial charge < -0.3 is 14.6 Å². The fourth-order valence-electron chi connectivity index (χ4n) is 4.58. The lowest BCUT2D eigenvalue weighted by atomic mass is 9.95. The van der Waals surface area contributed by atoms with Gasteiger partial charge >= 0.3 is 6.18 Å². The Bertz CT molecular complexity index is 1360. The SMILES string of the molecule is CCn1c(CC2CCC(C(F)(F)F)OC2)nc2cc(C(=O)NCc3ccc(S(=O)(=O)CC)cc3)ccc21. The first-order valence-corrected chi connectivity index (χ1v) is 13.9. The van der Waals surface area contributed by atoms with Crippen LogP contribution in [0.3, 0.4) is 0 Å². The summed E-state index contributed by atoms with van der Waals surface area (Å²) in [6, 6.07) is 11.7. The molecule has 11 heteroatoms. The number of carbonyl (C=O) groups excluding carboxylic acids is 1. The maximum Gasteiger partial charge on any atom is 0.414 e. The van der Waals surface area contributed by atoms with Gasteiger partial charge in [-0.25, -0.2) is 13.4 Å². The van der Waals surface area contributed by atoms with Crippen LogP contribution in [0.15, 0.2) is 47.4 Å². The van der Waals surface area contributed by atoms with Crippen molar-refractivity contribution in [1.82, 2.24) is 14.9 Å². The third-order valence-corrected chi connectivity index (χ3v) is 8.48. The zero-order valence-corrected chi connectivity index (χ0v) is 21.5. The molecule has 4 rings (SSSR count). The predicted octanol–water partition coefficient (Wildman–Crippen LogP) is 4.68. The first kappa shape index (κ1) is 27.1. The number of hydrogen-bond donors (Lipinski definition) is 1. The molecule has 1 saturated heterocycles.